The summed E-state index contributed by atoms with van der Waals surface area (Å²) in [4.78, 5) is 17.5. The molecule has 0 aliphatic rings. The monoisotopic (exact) mass is 294 g/mol. The van der Waals surface area contributed by atoms with E-state index in [9.17, 15) is 4.79 Å². The maximum atomic E-state index is 12.1. The van der Waals surface area contributed by atoms with Crippen molar-refractivity contribution in [1.82, 2.24) is 4.98 Å². The van der Waals surface area contributed by atoms with Crippen LogP contribution in [-0.2, 0) is 0 Å². The highest BCUT2D eigenvalue weighted by Crippen LogP contribution is 2.24. The lowest BCUT2D eigenvalue weighted by Gasteiger charge is -2.09. The highest BCUT2D eigenvalue weighted by Gasteiger charge is 2.08. The molecular formula is C17H14N2OS. The van der Waals surface area contributed by atoms with Crippen molar-refractivity contribution < 1.29 is 4.79 Å². The van der Waals surface area contributed by atoms with Gasteiger partial charge in [-0.3, -0.25) is 9.78 Å². The number of aromatic nitrogens is 1. The van der Waals surface area contributed by atoms with Gasteiger partial charge < -0.3 is 5.32 Å². The molecule has 1 aromatic heterocycles. The first-order chi connectivity index (χ1) is 10.2. The second-order valence-electron chi connectivity index (χ2n) is 4.64. The number of amides is 1. The third-order valence-electron chi connectivity index (χ3n) is 3.11. The van der Waals surface area contributed by atoms with Crippen LogP contribution in [0, 0.1) is 6.92 Å². The fraction of sp³-hybridized carbons (Fsp3) is 0.0588. The van der Waals surface area contributed by atoms with Crippen molar-refractivity contribution in [3.05, 3.63) is 66.4 Å². The van der Waals surface area contributed by atoms with Crippen molar-refractivity contribution in [2.24, 2.45) is 0 Å². The lowest BCUT2D eigenvalue weighted by atomic mass is 10.2. The molecule has 0 saturated heterocycles. The van der Waals surface area contributed by atoms with Crippen molar-refractivity contribution >= 4 is 33.6 Å². The third kappa shape index (κ3) is 3.23. The summed E-state index contributed by atoms with van der Waals surface area (Å²) in [5, 5.41) is 3.82. The lowest BCUT2D eigenvalue weighted by molar-refractivity contribution is 0.269. The van der Waals surface area contributed by atoms with E-state index in [1.807, 2.05) is 67.6 Å². The van der Waals surface area contributed by atoms with Crippen molar-refractivity contribution in [2.75, 3.05) is 5.32 Å². The number of rotatable bonds is 2. The van der Waals surface area contributed by atoms with Gasteiger partial charge in [0.1, 0.15) is 0 Å². The van der Waals surface area contributed by atoms with Gasteiger partial charge in [-0.15, -0.1) is 0 Å². The van der Waals surface area contributed by atoms with Gasteiger partial charge in [-0.2, -0.15) is 0 Å². The topological polar surface area (TPSA) is 42.0 Å². The molecule has 0 bridgehead atoms. The number of aryl methyl sites for hydroxylation is 1. The molecule has 0 saturated carbocycles. The van der Waals surface area contributed by atoms with E-state index in [0.29, 0.717) is 0 Å². The SMILES string of the molecule is Cc1nc2ccccc2cc1NC(=O)Sc1ccccc1. The zero-order valence-electron chi connectivity index (χ0n) is 11.5. The van der Waals surface area contributed by atoms with Gasteiger partial charge in [0, 0.05) is 10.3 Å². The number of hydrogen-bond donors (Lipinski definition) is 1. The van der Waals surface area contributed by atoms with E-state index in [1.54, 1.807) is 0 Å². The summed E-state index contributed by atoms with van der Waals surface area (Å²) in [6, 6.07) is 19.4. The third-order valence-corrected chi connectivity index (χ3v) is 3.90. The molecule has 0 fully saturated rings. The molecule has 21 heavy (non-hydrogen) atoms. The smallest absolute Gasteiger partial charge is 0.288 e. The largest absolute Gasteiger partial charge is 0.315 e. The van der Waals surface area contributed by atoms with Gasteiger partial charge in [-0.05, 0) is 43.0 Å². The Morgan fingerprint density at radius 1 is 1.05 bits per heavy atom. The summed E-state index contributed by atoms with van der Waals surface area (Å²) in [7, 11) is 0. The Bertz CT molecular complexity index is 787. The molecule has 3 aromatic rings. The van der Waals surface area contributed by atoms with E-state index in [0.717, 1.165) is 27.2 Å². The molecule has 1 amide bonds. The van der Waals surface area contributed by atoms with Gasteiger partial charge in [0.05, 0.1) is 16.9 Å². The average Bonchev–Trinajstić information content (AvgIpc) is 2.49. The van der Waals surface area contributed by atoms with E-state index in [-0.39, 0.29) is 5.24 Å². The van der Waals surface area contributed by atoms with E-state index < -0.39 is 0 Å². The van der Waals surface area contributed by atoms with Gasteiger partial charge >= 0.3 is 0 Å². The number of para-hydroxylation sites is 1. The zero-order valence-corrected chi connectivity index (χ0v) is 12.4. The Balaban J connectivity index is 1.81. The number of fused-ring (bicyclic) bond motifs is 1. The Morgan fingerprint density at radius 3 is 2.57 bits per heavy atom. The fourth-order valence-electron chi connectivity index (χ4n) is 2.07. The van der Waals surface area contributed by atoms with Crippen LogP contribution in [0.4, 0.5) is 10.5 Å². The minimum Gasteiger partial charge on any atom is -0.315 e. The van der Waals surface area contributed by atoms with Crippen LogP contribution >= 0.6 is 11.8 Å². The van der Waals surface area contributed by atoms with Gasteiger partial charge in [-0.1, -0.05) is 36.4 Å². The van der Waals surface area contributed by atoms with Crippen LogP contribution in [0.2, 0.25) is 0 Å². The van der Waals surface area contributed by atoms with Crippen molar-refractivity contribution in [2.45, 2.75) is 11.8 Å². The second kappa shape index (κ2) is 5.97. The highest BCUT2D eigenvalue weighted by molar-refractivity contribution is 8.13. The average molecular weight is 294 g/mol. The molecular weight excluding hydrogens is 280 g/mol. The standard InChI is InChI=1S/C17H14N2OS/c1-12-16(11-13-7-5-6-10-15(13)18-12)19-17(20)21-14-8-3-2-4-9-14/h2-11H,1H3,(H,19,20). The summed E-state index contributed by atoms with van der Waals surface area (Å²) in [6.07, 6.45) is 0. The first-order valence-electron chi connectivity index (χ1n) is 6.62. The number of thioether (sulfide) groups is 1. The van der Waals surface area contributed by atoms with E-state index in [4.69, 9.17) is 0 Å². The number of nitrogens with zero attached hydrogens (tertiary/aromatic N) is 1. The van der Waals surface area contributed by atoms with Gasteiger partial charge in [0.15, 0.2) is 0 Å². The molecule has 1 N–H and O–H groups in total. The number of hydrogen-bond acceptors (Lipinski definition) is 3. The molecule has 4 heteroatoms. The number of carbonyl (C=O) groups excluding carboxylic acids is 1. The highest BCUT2D eigenvalue weighted by atomic mass is 32.2. The summed E-state index contributed by atoms with van der Waals surface area (Å²) >= 11 is 1.17. The molecule has 0 aliphatic heterocycles. The molecule has 2 aromatic carbocycles. The van der Waals surface area contributed by atoms with Crippen molar-refractivity contribution in [1.29, 1.82) is 0 Å². The van der Waals surface area contributed by atoms with Crippen LogP contribution in [0.25, 0.3) is 10.9 Å². The molecule has 0 atom stereocenters. The van der Waals surface area contributed by atoms with Gasteiger partial charge in [0.2, 0.25) is 0 Å². The molecule has 3 rings (SSSR count). The first-order valence-corrected chi connectivity index (χ1v) is 7.44. The molecule has 0 aliphatic carbocycles. The summed E-state index contributed by atoms with van der Waals surface area (Å²) in [5.74, 6) is 0. The van der Waals surface area contributed by atoms with Crippen molar-refractivity contribution in [3.8, 4) is 0 Å². The number of pyridine rings is 1. The van der Waals surface area contributed by atoms with Crippen LogP contribution in [0.3, 0.4) is 0 Å². The molecule has 0 unspecified atom stereocenters. The molecule has 0 radical (unpaired) electrons. The van der Waals surface area contributed by atoms with Gasteiger partial charge in [0.25, 0.3) is 5.24 Å². The Hall–Kier alpha value is -2.33. The van der Waals surface area contributed by atoms with Crippen LogP contribution in [0.5, 0.6) is 0 Å². The van der Waals surface area contributed by atoms with E-state index >= 15 is 0 Å². The summed E-state index contributed by atoms with van der Waals surface area (Å²) < 4.78 is 0. The van der Waals surface area contributed by atoms with E-state index in [2.05, 4.69) is 10.3 Å². The van der Waals surface area contributed by atoms with Crippen LogP contribution in [0.1, 0.15) is 5.69 Å². The Kier molecular flexibility index (Phi) is 3.88. The number of anilines is 1. The Morgan fingerprint density at radius 2 is 1.76 bits per heavy atom. The van der Waals surface area contributed by atoms with Crippen LogP contribution < -0.4 is 5.32 Å². The zero-order chi connectivity index (χ0) is 14.7. The number of nitrogens with one attached hydrogen (secondary N) is 1. The van der Waals surface area contributed by atoms with Crippen LogP contribution in [0.15, 0.2) is 65.6 Å². The molecule has 104 valence electrons. The van der Waals surface area contributed by atoms with Gasteiger partial charge in [-0.25, -0.2) is 0 Å². The van der Waals surface area contributed by atoms with Crippen LogP contribution in [-0.4, -0.2) is 10.2 Å². The Labute approximate surface area is 127 Å². The van der Waals surface area contributed by atoms with Crippen molar-refractivity contribution in [3.63, 3.8) is 0 Å². The number of carbonyl (C=O) groups is 1. The maximum absolute atomic E-state index is 12.1. The second-order valence-corrected chi connectivity index (χ2v) is 5.69. The fourth-order valence-corrected chi connectivity index (χ4v) is 2.74. The normalized spacial score (nSPS) is 10.5. The summed E-state index contributed by atoms with van der Waals surface area (Å²) in [5.41, 5.74) is 2.50. The quantitative estimate of drug-likeness (QED) is 0.686. The van der Waals surface area contributed by atoms with E-state index in [1.165, 1.54) is 11.8 Å². The predicted molar refractivity (Wildman–Crippen MR) is 87.8 cm³/mol. The first kappa shape index (κ1) is 13.6. The minimum absolute atomic E-state index is 0.110. The molecule has 0 spiro atoms. The predicted octanol–water partition coefficient (Wildman–Crippen LogP) is 4.87. The molecule has 3 nitrogen and oxygen atoms in total. The number of benzene rings is 2. The molecule has 1 heterocycles. The summed E-state index contributed by atoms with van der Waals surface area (Å²) in [6.45, 7) is 1.90. The maximum Gasteiger partial charge on any atom is 0.288 e. The minimum atomic E-state index is -0.110. The lowest BCUT2D eigenvalue weighted by Crippen LogP contribution is -2.07.